The van der Waals surface area contributed by atoms with Crippen LogP contribution in [0.3, 0.4) is 0 Å². The van der Waals surface area contributed by atoms with E-state index in [0.717, 1.165) is 4.90 Å². The zero-order chi connectivity index (χ0) is 21.6. The molecule has 156 valence electrons. The van der Waals surface area contributed by atoms with E-state index in [9.17, 15) is 22.8 Å². The molecule has 1 unspecified atom stereocenters. The predicted molar refractivity (Wildman–Crippen MR) is 106 cm³/mol. The first-order valence-electron chi connectivity index (χ1n) is 8.42. The highest BCUT2D eigenvalue weighted by atomic mass is 35.5. The van der Waals surface area contributed by atoms with Gasteiger partial charge >= 0.3 is 6.18 Å². The topological polar surface area (TPSA) is 61.4 Å². The van der Waals surface area contributed by atoms with Crippen molar-refractivity contribution >= 4 is 40.7 Å². The molecule has 2 N–H and O–H groups in total. The molecule has 0 bridgehead atoms. The summed E-state index contributed by atoms with van der Waals surface area (Å²) in [6.45, 7) is -0.986. The lowest BCUT2D eigenvalue weighted by molar-refractivity contribution is -0.159. The summed E-state index contributed by atoms with van der Waals surface area (Å²) in [6.07, 6.45) is -4.58. The number of para-hydroxylation sites is 1. The van der Waals surface area contributed by atoms with Crippen LogP contribution in [0.15, 0.2) is 48.5 Å². The van der Waals surface area contributed by atoms with E-state index in [2.05, 4.69) is 10.6 Å². The van der Waals surface area contributed by atoms with E-state index >= 15 is 0 Å². The van der Waals surface area contributed by atoms with Crippen molar-refractivity contribution < 1.29 is 22.8 Å². The van der Waals surface area contributed by atoms with Gasteiger partial charge in [0, 0.05) is 7.05 Å². The Morgan fingerprint density at radius 1 is 1.03 bits per heavy atom. The van der Waals surface area contributed by atoms with Crippen LogP contribution < -0.4 is 10.6 Å². The van der Waals surface area contributed by atoms with Crippen LogP contribution in [0.25, 0.3) is 0 Å². The largest absolute Gasteiger partial charge is 0.407 e. The molecular formula is C19H18Cl2F3N3O2. The first kappa shape index (κ1) is 23.0. The van der Waals surface area contributed by atoms with Crippen molar-refractivity contribution in [1.82, 2.24) is 10.2 Å². The molecule has 0 radical (unpaired) electrons. The van der Waals surface area contributed by atoms with E-state index in [0.29, 0.717) is 0 Å². The summed E-state index contributed by atoms with van der Waals surface area (Å²) < 4.78 is 39.9. The van der Waals surface area contributed by atoms with Gasteiger partial charge in [0.25, 0.3) is 0 Å². The number of benzene rings is 2. The summed E-state index contributed by atoms with van der Waals surface area (Å²) in [5.41, 5.74) is 0.183. The number of amides is 2. The maximum atomic E-state index is 13.3. The number of likely N-dealkylation sites (N-methyl/N-ethyl adjacent to an activating group) is 1. The van der Waals surface area contributed by atoms with E-state index in [-0.39, 0.29) is 27.8 Å². The van der Waals surface area contributed by atoms with Crippen LogP contribution in [0.2, 0.25) is 10.0 Å². The molecule has 2 rings (SSSR count). The summed E-state index contributed by atoms with van der Waals surface area (Å²) >= 11 is 11.9. The fourth-order valence-corrected chi connectivity index (χ4v) is 2.98. The number of hydrogen-bond donors (Lipinski definition) is 2. The van der Waals surface area contributed by atoms with Crippen LogP contribution in [-0.4, -0.2) is 43.0 Å². The number of anilines is 1. The van der Waals surface area contributed by atoms with Gasteiger partial charge in [0.2, 0.25) is 11.8 Å². The number of alkyl halides is 3. The van der Waals surface area contributed by atoms with Gasteiger partial charge in [-0.2, -0.15) is 13.2 Å². The third-order valence-corrected chi connectivity index (χ3v) is 4.58. The monoisotopic (exact) mass is 447 g/mol. The zero-order valence-electron chi connectivity index (χ0n) is 15.3. The van der Waals surface area contributed by atoms with Crippen LogP contribution in [0.5, 0.6) is 0 Å². The Hall–Kier alpha value is -2.29. The fourth-order valence-electron chi connectivity index (χ4n) is 2.49. The van der Waals surface area contributed by atoms with Crippen molar-refractivity contribution in [1.29, 1.82) is 0 Å². The van der Waals surface area contributed by atoms with Crippen molar-refractivity contribution in [3.05, 3.63) is 64.1 Å². The first-order valence-corrected chi connectivity index (χ1v) is 9.18. The number of nitrogens with one attached hydrogen (secondary N) is 2. The second-order valence-electron chi connectivity index (χ2n) is 6.16. The highest BCUT2D eigenvalue weighted by Crippen LogP contribution is 2.32. The molecule has 5 nitrogen and oxygen atoms in total. The molecule has 10 heteroatoms. The molecule has 2 aromatic carbocycles. The molecule has 0 spiro atoms. The minimum atomic E-state index is -4.58. The number of halogens is 5. The van der Waals surface area contributed by atoms with E-state index in [1.54, 1.807) is 12.1 Å². The molecule has 0 aromatic heterocycles. The molecule has 29 heavy (non-hydrogen) atoms. The lowest BCUT2D eigenvalue weighted by atomic mass is 10.1. The Kier molecular flexibility index (Phi) is 7.89. The van der Waals surface area contributed by atoms with Crippen molar-refractivity contribution in [2.24, 2.45) is 0 Å². The van der Waals surface area contributed by atoms with Gasteiger partial charge in [-0.25, -0.2) is 0 Å². The van der Waals surface area contributed by atoms with Crippen LogP contribution in [0.4, 0.5) is 18.9 Å². The standard InChI is InChI=1S/C19H18Cl2F3N3O2/c1-27(11-15(28)26-17-13(20)8-5-9-14(17)21)16(29)10-25-18(19(22,23)24)12-6-3-2-4-7-12/h2-9,18,25H,10-11H2,1H3,(H,26,28). The van der Waals surface area contributed by atoms with Gasteiger partial charge in [-0.1, -0.05) is 59.6 Å². The number of nitrogens with zero attached hydrogens (tertiary/aromatic N) is 1. The Bertz CT molecular complexity index is 843. The van der Waals surface area contributed by atoms with Crippen LogP contribution in [0.1, 0.15) is 11.6 Å². The van der Waals surface area contributed by atoms with Crippen LogP contribution in [-0.2, 0) is 9.59 Å². The minimum Gasteiger partial charge on any atom is -0.335 e. The maximum Gasteiger partial charge on any atom is 0.407 e. The molecule has 2 aromatic rings. The Morgan fingerprint density at radius 2 is 1.62 bits per heavy atom. The number of rotatable bonds is 7. The van der Waals surface area contributed by atoms with E-state index in [1.807, 2.05) is 0 Å². The lowest BCUT2D eigenvalue weighted by Gasteiger charge is -2.23. The fraction of sp³-hybridized carbons (Fsp3) is 0.263. The van der Waals surface area contributed by atoms with Crippen molar-refractivity contribution in [3.8, 4) is 0 Å². The molecule has 0 saturated heterocycles. The summed E-state index contributed by atoms with van der Waals surface area (Å²) in [5, 5.41) is 5.13. The van der Waals surface area contributed by atoms with Gasteiger partial charge in [-0.3, -0.25) is 14.9 Å². The molecule has 1 atom stereocenters. The summed E-state index contributed by atoms with van der Waals surface area (Å²) in [6, 6.07) is 9.86. The average molecular weight is 448 g/mol. The van der Waals surface area contributed by atoms with E-state index in [1.165, 1.54) is 43.4 Å². The molecule has 0 saturated carbocycles. The molecule has 0 aliphatic heterocycles. The molecule has 0 aliphatic rings. The second-order valence-corrected chi connectivity index (χ2v) is 6.98. The van der Waals surface area contributed by atoms with Gasteiger partial charge in [0.1, 0.15) is 6.04 Å². The summed E-state index contributed by atoms with van der Waals surface area (Å²) in [7, 11) is 1.31. The molecular weight excluding hydrogens is 430 g/mol. The molecule has 0 heterocycles. The quantitative estimate of drug-likeness (QED) is 0.665. The summed E-state index contributed by atoms with van der Waals surface area (Å²) in [5.74, 6) is -1.28. The lowest BCUT2D eigenvalue weighted by Crippen LogP contribution is -2.43. The Balaban J connectivity index is 1.95. The third kappa shape index (κ3) is 6.62. The van der Waals surface area contributed by atoms with Crippen LogP contribution >= 0.6 is 23.2 Å². The Labute approximate surface area is 175 Å². The smallest absolute Gasteiger partial charge is 0.335 e. The van der Waals surface area contributed by atoms with Gasteiger partial charge in [-0.15, -0.1) is 0 Å². The first-order chi connectivity index (χ1) is 13.6. The van der Waals surface area contributed by atoms with Crippen molar-refractivity contribution in [2.75, 3.05) is 25.5 Å². The third-order valence-electron chi connectivity index (χ3n) is 3.95. The van der Waals surface area contributed by atoms with Crippen molar-refractivity contribution in [3.63, 3.8) is 0 Å². The number of hydrogen-bond acceptors (Lipinski definition) is 3. The Morgan fingerprint density at radius 3 is 2.17 bits per heavy atom. The normalized spacial score (nSPS) is 12.3. The molecule has 0 fully saturated rings. The van der Waals surface area contributed by atoms with E-state index in [4.69, 9.17) is 23.2 Å². The van der Waals surface area contributed by atoms with Gasteiger partial charge in [0.05, 0.1) is 28.8 Å². The number of carbonyl (C=O) groups excluding carboxylic acids is 2. The summed E-state index contributed by atoms with van der Waals surface area (Å²) in [4.78, 5) is 25.3. The second kappa shape index (κ2) is 9.96. The van der Waals surface area contributed by atoms with Crippen molar-refractivity contribution in [2.45, 2.75) is 12.2 Å². The number of carbonyl (C=O) groups is 2. The minimum absolute atomic E-state index is 0.0124. The SMILES string of the molecule is CN(CC(=O)Nc1c(Cl)cccc1Cl)C(=O)CNC(c1ccccc1)C(F)(F)F. The van der Waals surface area contributed by atoms with Gasteiger partial charge in [0.15, 0.2) is 0 Å². The van der Waals surface area contributed by atoms with Gasteiger partial charge < -0.3 is 10.2 Å². The molecule has 2 amide bonds. The highest BCUT2D eigenvalue weighted by molar-refractivity contribution is 6.39. The predicted octanol–water partition coefficient (Wildman–Crippen LogP) is 4.28. The molecule has 0 aliphatic carbocycles. The highest BCUT2D eigenvalue weighted by Gasteiger charge is 2.40. The van der Waals surface area contributed by atoms with Gasteiger partial charge in [-0.05, 0) is 17.7 Å². The van der Waals surface area contributed by atoms with Crippen LogP contribution in [0, 0.1) is 0 Å². The zero-order valence-corrected chi connectivity index (χ0v) is 16.8. The maximum absolute atomic E-state index is 13.3. The average Bonchev–Trinajstić information content (AvgIpc) is 2.64. The van der Waals surface area contributed by atoms with E-state index < -0.39 is 30.6 Å².